The number of halogens is 1. The molecule has 0 radical (unpaired) electrons. The predicted octanol–water partition coefficient (Wildman–Crippen LogP) is 3.16. The van der Waals surface area contributed by atoms with E-state index in [1.807, 2.05) is 24.5 Å². The Morgan fingerprint density at radius 3 is 2.95 bits per heavy atom. The minimum atomic E-state index is 0.482. The van der Waals surface area contributed by atoms with E-state index in [0.29, 0.717) is 6.04 Å². The number of nitrogens with one attached hydrogen (secondary N) is 1. The average molecular weight is 362 g/mol. The second-order valence-corrected chi connectivity index (χ2v) is 6.52. The molecule has 1 atom stereocenters. The largest absolute Gasteiger partial charge is 0.490 e. The Morgan fingerprint density at radius 1 is 1.23 bits per heavy atom. The highest BCUT2D eigenvalue weighted by Gasteiger charge is 2.14. The number of hydrogen-bond acceptors (Lipinski definition) is 4. The Bertz CT molecular complexity index is 597. The number of nitrogens with zero attached hydrogens (tertiary/aromatic N) is 2. The summed E-state index contributed by atoms with van der Waals surface area (Å²) in [5, 5.41) is 3.44. The van der Waals surface area contributed by atoms with Gasteiger partial charge in [-0.1, -0.05) is 0 Å². The molecule has 0 spiro atoms. The Kier molecular flexibility index (Phi) is 5.40. The summed E-state index contributed by atoms with van der Waals surface area (Å²) < 4.78 is 6.86. The molecule has 1 aliphatic rings. The van der Waals surface area contributed by atoms with Gasteiger partial charge in [-0.05, 0) is 71.9 Å². The van der Waals surface area contributed by atoms with Crippen LogP contribution in [0.5, 0.6) is 5.75 Å². The average Bonchev–Trinajstić information content (AvgIpc) is 3.06. The minimum absolute atomic E-state index is 0.482. The van der Waals surface area contributed by atoms with E-state index in [2.05, 4.69) is 37.3 Å². The van der Waals surface area contributed by atoms with Gasteiger partial charge in [0, 0.05) is 28.6 Å². The van der Waals surface area contributed by atoms with Gasteiger partial charge in [0.1, 0.15) is 12.4 Å². The van der Waals surface area contributed by atoms with Gasteiger partial charge in [-0.2, -0.15) is 0 Å². The lowest BCUT2D eigenvalue weighted by Crippen LogP contribution is -2.28. The molecule has 0 saturated carbocycles. The summed E-state index contributed by atoms with van der Waals surface area (Å²) in [5.41, 5.74) is 2.27. The van der Waals surface area contributed by atoms with Crippen LogP contribution in [-0.4, -0.2) is 29.2 Å². The Morgan fingerprint density at radius 2 is 2.18 bits per heavy atom. The molecule has 2 aromatic heterocycles. The third-order valence-electron chi connectivity index (χ3n) is 3.84. The first-order chi connectivity index (χ1) is 10.8. The van der Waals surface area contributed by atoms with E-state index in [1.165, 1.54) is 18.4 Å². The van der Waals surface area contributed by atoms with Gasteiger partial charge in [-0.3, -0.25) is 9.97 Å². The molecule has 1 aliphatic heterocycles. The van der Waals surface area contributed by atoms with E-state index in [9.17, 15) is 0 Å². The highest BCUT2D eigenvalue weighted by Crippen LogP contribution is 2.15. The van der Waals surface area contributed by atoms with Crippen LogP contribution in [0.25, 0.3) is 0 Å². The molecular formula is C17H20BrN3O. The second kappa shape index (κ2) is 7.70. The summed E-state index contributed by atoms with van der Waals surface area (Å²) in [6.45, 7) is 1.83. The number of rotatable bonds is 6. The van der Waals surface area contributed by atoms with Crippen LogP contribution in [0.1, 0.15) is 24.1 Å². The van der Waals surface area contributed by atoms with E-state index >= 15 is 0 Å². The van der Waals surface area contributed by atoms with Crippen LogP contribution in [0.3, 0.4) is 0 Å². The SMILES string of the molecule is Brc1ccc(CCc2cncc(OC[C@@H]3CCCN3)c2)nc1. The van der Waals surface area contributed by atoms with Crippen molar-refractivity contribution in [2.75, 3.05) is 13.2 Å². The van der Waals surface area contributed by atoms with Crippen molar-refractivity contribution in [3.8, 4) is 5.75 Å². The second-order valence-electron chi connectivity index (χ2n) is 5.60. The zero-order valence-corrected chi connectivity index (χ0v) is 14.1. The van der Waals surface area contributed by atoms with Crippen molar-refractivity contribution in [1.82, 2.24) is 15.3 Å². The third kappa shape index (κ3) is 4.52. The predicted molar refractivity (Wildman–Crippen MR) is 90.1 cm³/mol. The summed E-state index contributed by atoms with van der Waals surface area (Å²) in [6.07, 6.45) is 9.79. The first-order valence-electron chi connectivity index (χ1n) is 7.70. The first-order valence-corrected chi connectivity index (χ1v) is 8.49. The Hall–Kier alpha value is -1.46. The van der Waals surface area contributed by atoms with Gasteiger partial charge in [0.25, 0.3) is 0 Å². The maximum atomic E-state index is 5.85. The molecule has 1 fully saturated rings. The molecule has 0 bridgehead atoms. The summed E-state index contributed by atoms with van der Waals surface area (Å²) >= 11 is 3.40. The van der Waals surface area contributed by atoms with Crippen molar-refractivity contribution in [3.63, 3.8) is 0 Å². The van der Waals surface area contributed by atoms with Crippen LogP contribution < -0.4 is 10.1 Å². The smallest absolute Gasteiger partial charge is 0.137 e. The number of ether oxygens (including phenoxy) is 1. The van der Waals surface area contributed by atoms with Crippen molar-refractivity contribution in [2.24, 2.45) is 0 Å². The standard InChI is InChI=1S/C17H20BrN3O/c18-14-4-6-15(21-10-14)5-3-13-8-17(11-19-9-13)22-12-16-2-1-7-20-16/h4,6,8-11,16,20H,1-3,5,7,12H2/t16-/m0/s1. The molecule has 116 valence electrons. The summed E-state index contributed by atoms with van der Waals surface area (Å²) in [7, 11) is 0. The van der Waals surface area contributed by atoms with E-state index in [1.54, 1.807) is 6.20 Å². The van der Waals surface area contributed by atoms with Gasteiger partial charge in [-0.15, -0.1) is 0 Å². The molecule has 0 aromatic carbocycles. The quantitative estimate of drug-likeness (QED) is 0.858. The normalized spacial score (nSPS) is 17.6. The molecule has 3 heterocycles. The van der Waals surface area contributed by atoms with Gasteiger partial charge < -0.3 is 10.1 Å². The zero-order chi connectivity index (χ0) is 15.2. The van der Waals surface area contributed by atoms with Gasteiger partial charge in [-0.25, -0.2) is 0 Å². The third-order valence-corrected chi connectivity index (χ3v) is 4.31. The molecule has 3 rings (SSSR count). The lowest BCUT2D eigenvalue weighted by molar-refractivity contribution is 0.276. The van der Waals surface area contributed by atoms with Crippen molar-refractivity contribution < 1.29 is 4.74 Å². The molecule has 5 heteroatoms. The molecule has 0 unspecified atom stereocenters. The van der Waals surface area contributed by atoms with E-state index in [0.717, 1.165) is 41.9 Å². The van der Waals surface area contributed by atoms with Crippen molar-refractivity contribution >= 4 is 15.9 Å². The van der Waals surface area contributed by atoms with Crippen molar-refractivity contribution in [2.45, 2.75) is 31.7 Å². The lowest BCUT2D eigenvalue weighted by atomic mass is 10.1. The Labute approximate surface area is 139 Å². The van der Waals surface area contributed by atoms with Crippen LogP contribution in [0.4, 0.5) is 0 Å². The fourth-order valence-corrected chi connectivity index (χ4v) is 2.84. The minimum Gasteiger partial charge on any atom is -0.490 e. The Balaban J connectivity index is 1.52. The summed E-state index contributed by atoms with van der Waals surface area (Å²) in [4.78, 5) is 8.68. The number of aromatic nitrogens is 2. The topological polar surface area (TPSA) is 47.0 Å². The molecule has 2 aromatic rings. The molecule has 1 saturated heterocycles. The fourth-order valence-electron chi connectivity index (χ4n) is 2.60. The monoisotopic (exact) mass is 361 g/mol. The number of aryl methyl sites for hydroxylation is 2. The first kappa shape index (κ1) is 15.4. The van der Waals surface area contributed by atoms with Gasteiger partial charge in [0.15, 0.2) is 0 Å². The van der Waals surface area contributed by atoms with E-state index < -0.39 is 0 Å². The summed E-state index contributed by atoms with van der Waals surface area (Å²) in [6, 6.07) is 6.63. The molecule has 0 amide bonds. The highest BCUT2D eigenvalue weighted by atomic mass is 79.9. The van der Waals surface area contributed by atoms with Crippen LogP contribution in [0.2, 0.25) is 0 Å². The molecule has 0 aliphatic carbocycles. The van der Waals surface area contributed by atoms with Crippen LogP contribution in [-0.2, 0) is 12.8 Å². The number of hydrogen-bond donors (Lipinski definition) is 1. The fraction of sp³-hybridized carbons (Fsp3) is 0.412. The molecule has 4 nitrogen and oxygen atoms in total. The van der Waals surface area contributed by atoms with E-state index in [4.69, 9.17) is 4.74 Å². The van der Waals surface area contributed by atoms with Gasteiger partial charge in [0.05, 0.1) is 6.20 Å². The number of pyridine rings is 2. The molecule has 22 heavy (non-hydrogen) atoms. The molecule has 1 N–H and O–H groups in total. The van der Waals surface area contributed by atoms with Gasteiger partial charge in [0.2, 0.25) is 0 Å². The van der Waals surface area contributed by atoms with Crippen molar-refractivity contribution in [3.05, 3.63) is 52.5 Å². The lowest BCUT2D eigenvalue weighted by Gasteiger charge is -2.12. The van der Waals surface area contributed by atoms with E-state index in [-0.39, 0.29) is 0 Å². The van der Waals surface area contributed by atoms with Crippen molar-refractivity contribution in [1.29, 1.82) is 0 Å². The maximum absolute atomic E-state index is 5.85. The maximum Gasteiger partial charge on any atom is 0.137 e. The zero-order valence-electron chi connectivity index (χ0n) is 12.5. The summed E-state index contributed by atoms with van der Waals surface area (Å²) in [5.74, 6) is 0.856. The van der Waals surface area contributed by atoms with Gasteiger partial charge >= 0.3 is 0 Å². The molecular weight excluding hydrogens is 342 g/mol. The van der Waals surface area contributed by atoms with Crippen LogP contribution >= 0.6 is 15.9 Å². The van der Waals surface area contributed by atoms with Crippen LogP contribution in [0, 0.1) is 0 Å². The van der Waals surface area contributed by atoms with Crippen LogP contribution in [0.15, 0.2) is 41.3 Å². The highest BCUT2D eigenvalue weighted by molar-refractivity contribution is 9.10.